The molecule has 18 heavy (non-hydrogen) atoms. The molecule has 0 spiro atoms. The highest BCUT2D eigenvalue weighted by atomic mass is 32.1. The van der Waals surface area contributed by atoms with Gasteiger partial charge in [-0.25, -0.2) is 4.98 Å². The Morgan fingerprint density at radius 3 is 2.94 bits per heavy atom. The molecule has 0 aromatic carbocycles. The zero-order valence-corrected chi connectivity index (χ0v) is 11.2. The summed E-state index contributed by atoms with van der Waals surface area (Å²) in [4.78, 5) is 13.9. The molecular formula is C13H15N3OS. The van der Waals surface area contributed by atoms with Crippen LogP contribution in [0.1, 0.15) is 36.9 Å². The Morgan fingerprint density at radius 2 is 2.22 bits per heavy atom. The van der Waals surface area contributed by atoms with Gasteiger partial charge in [-0.3, -0.25) is 9.97 Å². The molecule has 0 saturated heterocycles. The molecule has 0 aliphatic heterocycles. The summed E-state index contributed by atoms with van der Waals surface area (Å²) >= 11 is 1.53. The first-order chi connectivity index (χ1) is 8.55. The third-order valence-electron chi connectivity index (χ3n) is 3.20. The van der Waals surface area contributed by atoms with Gasteiger partial charge in [0.2, 0.25) is 0 Å². The van der Waals surface area contributed by atoms with Gasteiger partial charge in [-0.1, -0.05) is 13.8 Å². The van der Waals surface area contributed by atoms with Crippen molar-refractivity contribution in [2.24, 2.45) is 5.41 Å². The maximum atomic E-state index is 10.2. The van der Waals surface area contributed by atoms with Crippen LogP contribution in [0.25, 0.3) is 10.7 Å². The number of hydrogen-bond acceptors (Lipinski definition) is 5. The zero-order chi connectivity index (χ0) is 12.8. The largest absolute Gasteiger partial charge is 0.387 e. The van der Waals surface area contributed by atoms with E-state index in [1.807, 2.05) is 0 Å². The highest BCUT2D eigenvalue weighted by Gasteiger charge is 2.34. The first-order valence-electron chi connectivity index (χ1n) is 5.99. The molecule has 94 valence electrons. The SMILES string of the molecule is CC1(C)Cc2nc(-c3cnccn3)sc2C(O)C1. The molecule has 3 rings (SSSR count). The van der Waals surface area contributed by atoms with Crippen LogP contribution in [0.15, 0.2) is 18.6 Å². The molecule has 0 bridgehead atoms. The fourth-order valence-electron chi connectivity index (χ4n) is 2.41. The zero-order valence-electron chi connectivity index (χ0n) is 10.4. The summed E-state index contributed by atoms with van der Waals surface area (Å²) in [5.74, 6) is 0. The lowest BCUT2D eigenvalue weighted by Crippen LogP contribution is -2.24. The van der Waals surface area contributed by atoms with Crippen LogP contribution in [-0.2, 0) is 6.42 Å². The minimum atomic E-state index is -0.397. The summed E-state index contributed by atoms with van der Waals surface area (Å²) in [6.07, 6.45) is 6.33. The number of fused-ring (bicyclic) bond motifs is 1. The summed E-state index contributed by atoms with van der Waals surface area (Å²) in [6.45, 7) is 4.33. The molecule has 0 fully saturated rings. The van der Waals surface area contributed by atoms with Gasteiger partial charge < -0.3 is 5.11 Å². The van der Waals surface area contributed by atoms with Crippen molar-refractivity contribution in [1.29, 1.82) is 0 Å². The predicted molar refractivity (Wildman–Crippen MR) is 70.2 cm³/mol. The quantitative estimate of drug-likeness (QED) is 0.857. The van der Waals surface area contributed by atoms with E-state index in [1.54, 1.807) is 18.6 Å². The van der Waals surface area contributed by atoms with Gasteiger partial charge in [0.05, 0.1) is 22.9 Å². The van der Waals surface area contributed by atoms with Crippen LogP contribution < -0.4 is 0 Å². The van der Waals surface area contributed by atoms with E-state index in [9.17, 15) is 5.11 Å². The van der Waals surface area contributed by atoms with Crippen molar-refractivity contribution in [2.45, 2.75) is 32.8 Å². The summed E-state index contributed by atoms with van der Waals surface area (Å²) < 4.78 is 0. The van der Waals surface area contributed by atoms with Crippen molar-refractivity contribution >= 4 is 11.3 Å². The lowest BCUT2D eigenvalue weighted by atomic mass is 9.77. The van der Waals surface area contributed by atoms with Gasteiger partial charge in [0.15, 0.2) is 0 Å². The predicted octanol–water partition coefficient (Wildman–Crippen LogP) is 2.61. The summed E-state index contributed by atoms with van der Waals surface area (Å²) in [5.41, 5.74) is 1.91. The number of rotatable bonds is 1. The monoisotopic (exact) mass is 261 g/mol. The van der Waals surface area contributed by atoms with E-state index in [1.165, 1.54) is 11.3 Å². The highest BCUT2D eigenvalue weighted by molar-refractivity contribution is 7.15. The average molecular weight is 261 g/mol. The first kappa shape index (κ1) is 11.7. The third kappa shape index (κ3) is 2.04. The molecule has 2 aromatic rings. The van der Waals surface area contributed by atoms with Gasteiger partial charge in [0, 0.05) is 12.4 Å². The molecule has 0 amide bonds. The minimum Gasteiger partial charge on any atom is -0.387 e. The molecule has 1 atom stereocenters. The Kier molecular flexibility index (Phi) is 2.68. The van der Waals surface area contributed by atoms with Crippen LogP contribution in [0.3, 0.4) is 0 Å². The number of hydrogen-bond donors (Lipinski definition) is 1. The highest BCUT2D eigenvalue weighted by Crippen LogP contribution is 2.44. The second kappa shape index (κ2) is 4.10. The van der Waals surface area contributed by atoms with Crippen molar-refractivity contribution < 1.29 is 5.11 Å². The van der Waals surface area contributed by atoms with Gasteiger partial charge in [-0.05, 0) is 18.3 Å². The average Bonchev–Trinajstić information content (AvgIpc) is 2.72. The fourth-order valence-corrected chi connectivity index (χ4v) is 3.44. The summed E-state index contributed by atoms with van der Waals surface area (Å²) in [6, 6.07) is 0. The van der Waals surface area contributed by atoms with E-state index < -0.39 is 6.10 Å². The van der Waals surface area contributed by atoms with Crippen LogP contribution in [0.2, 0.25) is 0 Å². The molecule has 1 aliphatic rings. The molecule has 2 heterocycles. The van der Waals surface area contributed by atoms with E-state index in [2.05, 4.69) is 28.8 Å². The standard InChI is InChI=1S/C13H15N3OS/c1-13(2)5-8-11(10(17)6-13)18-12(16-8)9-7-14-3-4-15-9/h3-4,7,10,17H,5-6H2,1-2H3. The van der Waals surface area contributed by atoms with Crippen molar-refractivity contribution in [3.8, 4) is 10.7 Å². The number of aromatic nitrogens is 3. The molecule has 4 nitrogen and oxygen atoms in total. The topological polar surface area (TPSA) is 58.9 Å². The lowest BCUT2D eigenvalue weighted by Gasteiger charge is -2.31. The Labute approximate surface area is 110 Å². The molecule has 1 unspecified atom stereocenters. The normalized spacial score (nSPS) is 21.6. The maximum Gasteiger partial charge on any atom is 0.144 e. The summed E-state index contributed by atoms with van der Waals surface area (Å²) in [5, 5.41) is 11.0. The minimum absolute atomic E-state index is 0.111. The Hall–Kier alpha value is -1.33. The number of aliphatic hydroxyl groups excluding tert-OH is 1. The van der Waals surface area contributed by atoms with E-state index in [4.69, 9.17) is 0 Å². The van der Waals surface area contributed by atoms with Gasteiger partial charge in [-0.15, -0.1) is 11.3 Å². The molecule has 2 aromatic heterocycles. The molecular weight excluding hydrogens is 246 g/mol. The molecule has 5 heteroatoms. The fraction of sp³-hybridized carbons (Fsp3) is 0.462. The van der Waals surface area contributed by atoms with Crippen LogP contribution in [0, 0.1) is 5.41 Å². The van der Waals surface area contributed by atoms with E-state index >= 15 is 0 Å². The van der Waals surface area contributed by atoms with Gasteiger partial charge in [0.25, 0.3) is 0 Å². The number of nitrogens with zero attached hydrogens (tertiary/aromatic N) is 3. The second-order valence-corrected chi connectivity index (χ2v) is 6.51. The van der Waals surface area contributed by atoms with E-state index in [-0.39, 0.29) is 5.41 Å². The van der Waals surface area contributed by atoms with Crippen LogP contribution in [0.5, 0.6) is 0 Å². The number of thiazole rings is 1. The van der Waals surface area contributed by atoms with Gasteiger partial charge in [-0.2, -0.15) is 0 Å². The Balaban J connectivity index is 2.03. The third-order valence-corrected chi connectivity index (χ3v) is 4.43. The van der Waals surface area contributed by atoms with Gasteiger partial charge >= 0.3 is 0 Å². The smallest absolute Gasteiger partial charge is 0.144 e. The maximum absolute atomic E-state index is 10.2. The Bertz CT molecular complexity index is 565. The summed E-state index contributed by atoms with van der Waals surface area (Å²) in [7, 11) is 0. The molecule has 0 radical (unpaired) electrons. The van der Waals surface area contributed by atoms with Crippen LogP contribution in [0.4, 0.5) is 0 Å². The number of aliphatic hydroxyl groups is 1. The molecule has 1 aliphatic carbocycles. The van der Waals surface area contributed by atoms with Crippen molar-refractivity contribution in [2.75, 3.05) is 0 Å². The van der Waals surface area contributed by atoms with E-state index in [0.29, 0.717) is 0 Å². The second-order valence-electron chi connectivity index (χ2n) is 5.48. The molecule has 1 N–H and O–H groups in total. The van der Waals surface area contributed by atoms with Crippen molar-refractivity contribution in [3.63, 3.8) is 0 Å². The molecule has 0 saturated carbocycles. The van der Waals surface area contributed by atoms with Crippen molar-refractivity contribution in [1.82, 2.24) is 15.0 Å². The van der Waals surface area contributed by atoms with Crippen LogP contribution >= 0.6 is 11.3 Å². The van der Waals surface area contributed by atoms with Gasteiger partial charge in [0.1, 0.15) is 10.7 Å². The Morgan fingerprint density at radius 1 is 1.39 bits per heavy atom. The van der Waals surface area contributed by atoms with E-state index in [0.717, 1.165) is 34.1 Å². The lowest BCUT2D eigenvalue weighted by molar-refractivity contribution is 0.102. The van der Waals surface area contributed by atoms with Crippen LogP contribution in [-0.4, -0.2) is 20.1 Å². The van der Waals surface area contributed by atoms with Crippen molar-refractivity contribution in [3.05, 3.63) is 29.2 Å². The first-order valence-corrected chi connectivity index (χ1v) is 6.81.